The van der Waals surface area contributed by atoms with Crippen LogP contribution >= 0.6 is 0 Å². The minimum absolute atomic E-state index is 0.138. The number of carbonyl (C=O) groups is 1. The molecule has 1 atom stereocenters. The molecule has 4 rings (SSSR count). The first-order chi connectivity index (χ1) is 16.8. The van der Waals surface area contributed by atoms with E-state index >= 15 is 0 Å². The second-order valence-corrected chi connectivity index (χ2v) is 12.0. The van der Waals surface area contributed by atoms with Crippen LogP contribution in [-0.4, -0.2) is 36.4 Å². The fraction of sp³-hybridized carbons (Fsp3) is 0.370. The van der Waals surface area contributed by atoms with E-state index in [9.17, 15) is 18.0 Å². The molecule has 1 aromatic carbocycles. The molecule has 0 radical (unpaired) electrons. The zero-order valence-electron chi connectivity index (χ0n) is 21.5. The molecule has 3 heterocycles. The van der Waals surface area contributed by atoms with Gasteiger partial charge < -0.3 is 9.88 Å². The Hall–Kier alpha value is -3.46. The number of aromatic amines is 1. The topological polar surface area (TPSA) is 112 Å². The molecule has 0 spiro atoms. The van der Waals surface area contributed by atoms with E-state index in [0.717, 1.165) is 34.7 Å². The highest BCUT2D eigenvalue weighted by atomic mass is 32.2. The average Bonchev–Trinajstić information content (AvgIpc) is 3.07. The summed E-state index contributed by atoms with van der Waals surface area (Å²) in [4.78, 5) is 34.3. The molecule has 0 bridgehead atoms. The molecule has 0 aliphatic carbocycles. The van der Waals surface area contributed by atoms with Crippen LogP contribution in [0.2, 0.25) is 0 Å². The third-order valence-electron chi connectivity index (χ3n) is 6.83. The van der Waals surface area contributed by atoms with Gasteiger partial charge in [-0.3, -0.25) is 9.59 Å². The highest BCUT2D eigenvalue weighted by molar-refractivity contribution is 7.90. The van der Waals surface area contributed by atoms with Crippen LogP contribution in [0.5, 0.6) is 0 Å². The number of rotatable bonds is 5. The number of sulfonamides is 1. The predicted octanol–water partition coefficient (Wildman–Crippen LogP) is 4.11. The van der Waals surface area contributed by atoms with Gasteiger partial charge in [0.1, 0.15) is 5.82 Å². The Balaban J connectivity index is 1.84. The van der Waals surface area contributed by atoms with E-state index < -0.39 is 26.4 Å². The number of pyridine rings is 2. The molecule has 2 N–H and O–H groups in total. The van der Waals surface area contributed by atoms with Gasteiger partial charge in [0.15, 0.2) is 4.90 Å². The number of anilines is 1. The van der Waals surface area contributed by atoms with Gasteiger partial charge in [-0.15, -0.1) is 0 Å². The molecular weight excluding hydrogens is 476 g/mol. The van der Waals surface area contributed by atoms with Crippen molar-refractivity contribution in [2.45, 2.75) is 58.4 Å². The fourth-order valence-corrected chi connectivity index (χ4v) is 6.12. The molecule has 0 unspecified atom stereocenters. The molecule has 1 amide bonds. The fourth-order valence-electron chi connectivity index (χ4n) is 5.10. The van der Waals surface area contributed by atoms with Crippen molar-refractivity contribution in [3.05, 3.63) is 75.2 Å². The van der Waals surface area contributed by atoms with Crippen molar-refractivity contribution in [2.75, 3.05) is 11.4 Å². The van der Waals surface area contributed by atoms with E-state index in [1.54, 1.807) is 12.1 Å². The lowest BCUT2D eigenvalue weighted by molar-refractivity contribution is 0.0981. The van der Waals surface area contributed by atoms with Crippen LogP contribution in [-0.2, 0) is 10.0 Å². The van der Waals surface area contributed by atoms with Crippen molar-refractivity contribution < 1.29 is 13.2 Å². The minimum atomic E-state index is -4.39. The molecule has 0 saturated carbocycles. The molecule has 1 aliphatic heterocycles. The summed E-state index contributed by atoms with van der Waals surface area (Å²) in [5, 5.41) is 0. The lowest BCUT2D eigenvalue weighted by Gasteiger charge is -2.34. The van der Waals surface area contributed by atoms with Crippen molar-refractivity contribution in [1.82, 2.24) is 14.7 Å². The first-order valence-corrected chi connectivity index (χ1v) is 13.4. The Morgan fingerprint density at radius 3 is 2.53 bits per heavy atom. The molecule has 190 valence electrons. The summed E-state index contributed by atoms with van der Waals surface area (Å²) < 4.78 is 27.8. The predicted molar refractivity (Wildman–Crippen MR) is 141 cm³/mol. The number of carbonyl (C=O) groups excluding carboxylic acids is 1. The normalized spacial score (nSPS) is 17.3. The maximum absolute atomic E-state index is 13.4. The van der Waals surface area contributed by atoms with E-state index in [1.165, 1.54) is 12.3 Å². The lowest BCUT2D eigenvalue weighted by atomic mass is 9.96. The van der Waals surface area contributed by atoms with E-state index in [-0.39, 0.29) is 11.1 Å². The van der Waals surface area contributed by atoms with Gasteiger partial charge >= 0.3 is 0 Å². The van der Waals surface area contributed by atoms with Crippen LogP contribution in [0.25, 0.3) is 11.3 Å². The first kappa shape index (κ1) is 25.6. The molecule has 8 nitrogen and oxygen atoms in total. The van der Waals surface area contributed by atoms with Gasteiger partial charge in [-0.25, -0.2) is 18.1 Å². The van der Waals surface area contributed by atoms with Crippen LogP contribution in [0.4, 0.5) is 5.82 Å². The molecular formula is C27H32N4O4S. The van der Waals surface area contributed by atoms with Gasteiger partial charge in [0, 0.05) is 23.8 Å². The standard InChI is InChI=1S/C27H32N4O4S/c1-16-12-18(3)19(4)21(13-16)22-10-9-20(24(29-22)31-15-17(2)14-27(31,5)6)25(32)30-36(34,35)23-8-7-11-28-26(23)33/h7-13,17H,14-15H2,1-6H3,(H,28,33)(H,30,32)/t17-/m0/s1. The number of nitrogens with one attached hydrogen (secondary N) is 2. The van der Waals surface area contributed by atoms with E-state index in [0.29, 0.717) is 24.0 Å². The molecule has 2 aromatic heterocycles. The number of H-pyrrole nitrogens is 1. The van der Waals surface area contributed by atoms with Gasteiger partial charge in [0.2, 0.25) is 0 Å². The SMILES string of the molecule is Cc1cc(C)c(C)c(-c2ccc(C(=O)NS(=O)(=O)c3ccc[nH]c3=O)c(N3C[C@@H](C)CC3(C)C)n2)c1. The van der Waals surface area contributed by atoms with Gasteiger partial charge in [0.05, 0.1) is 11.3 Å². The van der Waals surface area contributed by atoms with Crippen LogP contribution in [0, 0.1) is 26.7 Å². The summed E-state index contributed by atoms with van der Waals surface area (Å²) in [5.41, 5.74) is 4.07. The van der Waals surface area contributed by atoms with Gasteiger partial charge in [0.25, 0.3) is 21.5 Å². The summed E-state index contributed by atoms with van der Waals surface area (Å²) in [6, 6.07) is 10.1. The minimum Gasteiger partial charge on any atom is -0.351 e. The van der Waals surface area contributed by atoms with E-state index in [1.807, 2.05) is 13.8 Å². The third-order valence-corrected chi connectivity index (χ3v) is 8.19. The highest BCUT2D eigenvalue weighted by Gasteiger charge is 2.39. The molecule has 3 aromatic rings. The Labute approximate surface area is 211 Å². The maximum atomic E-state index is 13.4. The first-order valence-electron chi connectivity index (χ1n) is 11.9. The van der Waals surface area contributed by atoms with Gasteiger partial charge in [-0.1, -0.05) is 18.6 Å². The number of hydrogen-bond donors (Lipinski definition) is 2. The summed E-state index contributed by atoms with van der Waals surface area (Å²) in [6.45, 7) is 13.1. The van der Waals surface area contributed by atoms with Crippen molar-refractivity contribution in [2.24, 2.45) is 5.92 Å². The summed E-state index contributed by atoms with van der Waals surface area (Å²) >= 11 is 0. The Morgan fingerprint density at radius 2 is 1.89 bits per heavy atom. The van der Waals surface area contributed by atoms with Crippen LogP contribution in [0.3, 0.4) is 0 Å². The number of hydrogen-bond acceptors (Lipinski definition) is 6. The zero-order valence-corrected chi connectivity index (χ0v) is 22.3. The zero-order chi connectivity index (χ0) is 26.4. The smallest absolute Gasteiger partial charge is 0.269 e. The van der Waals surface area contributed by atoms with Crippen molar-refractivity contribution in [3.63, 3.8) is 0 Å². The number of aromatic nitrogens is 2. The lowest BCUT2D eigenvalue weighted by Crippen LogP contribution is -2.41. The maximum Gasteiger partial charge on any atom is 0.269 e. The molecule has 1 fully saturated rings. The molecule has 1 aliphatic rings. The van der Waals surface area contributed by atoms with Crippen LogP contribution < -0.4 is 15.2 Å². The Morgan fingerprint density at radius 1 is 1.17 bits per heavy atom. The van der Waals surface area contributed by atoms with E-state index in [4.69, 9.17) is 4.98 Å². The van der Waals surface area contributed by atoms with Crippen molar-refractivity contribution in [1.29, 1.82) is 0 Å². The second kappa shape index (κ2) is 9.20. The molecule has 36 heavy (non-hydrogen) atoms. The van der Waals surface area contributed by atoms with E-state index in [2.05, 4.69) is 54.4 Å². The molecule has 9 heteroatoms. The summed E-state index contributed by atoms with van der Waals surface area (Å²) in [6.07, 6.45) is 2.23. The quantitative estimate of drug-likeness (QED) is 0.537. The van der Waals surface area contributed by atoms with Crippen LogP contribution in [0.15, 0.2) is 52.3 Å². The average molecular weight is 509 g/mol. The number of benzene rings is 1. The highest BCUT2D eigenvalue weighted by Crippen LogP contribution is 2.39. The van der Waals surface area contributed by atoms with Gasteiger partial charge in [-0.05, 0) is 88.4 Å². The monoisotopic (exact) mass is 508 g/mol. The van der Waals surface area contributed by atoms with Crippen molar-refractivity contribution in [3.8, 4) is 11.3 Å². The number of nitrogens with zero attached hydrogens (tertiary/aromatic N) is 2. The van der Waals surface area contributed by atoms with Crippen LogP contribution in [0.1, 0.15) is 54.2 Å². The van der Waals surface area contributed by atoms with Gasteiger partial charge in [-0.2, -0.15) is 0 Å². The Bertz CT molecular complexity index is 1510. The Kier molecular flexibility index (Phi) is 6.55. The summed E-state index contributed by atoms with van der Waals surface area (Å²) in [7, 11) is -4.39. The van der Waals surface area contributed by atoms with Crippen molar-refractivity contribution >= 4 is 21.7 Å². The molecule has 1 saturated heterocycles. The summed E-state index contributed by atoms with van der Waals surface area (Å²) in [5.74, 6) is -0.0363. The largest absolute Gasteiger partial charge is 0.351 e. The second-order valence-electron chi connectivity index (χ2n) is 10.4. The number of amides is 1. The third kappa shape index (κ3) is 4.80. The number of aryl methyl sites for hydroxylation is 2.